The number of nitrogens with two attached hydrogens (primary N) is 1. The van der Waals surface area contributed by atoms with Gasteiger partial charge in [-0.25, -0.2) is 13.6 Å². The number of likely N-dealkylation sites (tertiary alicyclic amines) is 1. The number of furan rings is 1. The van der Waals surface area contributed by atoms with Crippen LogP contribution in [0.15, 0.2) is 22.8 Å². The molecular weight excluding hydrogens is 244 g/mol. The molecule has 17 heavy (non-hydrogen) atoms. The number of nitrogens with zero attached hydrogens (tertiary/aromatic N) is 1. The summed E-state index contributed by atoms with van der Waals surface area (Å²) in [6.07, 6.45) is 2.13. The van der Waals surface area contributed by atoms with Crippen LogP contribution < -0.4 is 5.14 Å². The summed E-state index contributed by atoms with van der Waals surface area (Å²) < 4.78 is 27.4. The summed E-state index contributed by atoms with van der Waals surface area (Å²) in [4.78, 5) is 13.1. The lowest BCUT2D eigenvalue weighted by molar-refractivity contribution is -0.127. The first kappa shape index (κ1) is 12.1. The fraction of sp³-hybridized carbons (Fsp3) is 0.500. The summed E-state index contributed by atoms with van der Waals surface area (Å²) in [5.41, 5.74) is 0. The van der Waals surface area contributed by atoms with Crippen molar-refractivity contribution in [2.24, 2.45) is 5.14 Å². The van der Waals surface area contributed by atoms with Gasteiger partial charge in [-0.15, -0.1) is 0 Å². The Morgan fingerprint density at radius 2 is 2.29 bits per heavy atom. The van der Waals surface area contributed by atoms with E-state index in [1.54, 1.807) is 12.3 Å². The molecule has 1 aliphatic rings. The van der Waals surface area contributed by atoms with Crippen molar-refractivity contribution in [2.75, 3.05) is 13.1 Å². The Morgan fingerprint density at radius 3 is 2.82 bits per heavy atom. The highest BCUT2D eigenvalue weighted by Gasteiger charge is 2.36. The van der Waals surface area contributed by atoms with Crippen LogP contribution in [0.5, 0.6) is 0 Å². The molecule has 0 saturated carbocycles. The Labute approximate surface area is 99.4 Å². The zero-order valence-electron chi connectivity index (χ0n) is 9.20. The van der Waals surface area contributed by atoms with Gasteiger partial charge in [0.25, 0.3) is 0 Å². The lowest BCUT2D eigenvalue weighted by atomic mass is 10.3. The van der Waals surface area contributed by atoms with Gasteiger partial charge in [-0.2, -0.15) is 0 Å². The molecule has 2 heterocycles. The molecule has 0 aromatic carbocycles. The van der Waals surface area contributed by atoms with Crippen molar-refractivity contribution in [3.8, 4) is 0 Å². The average Bonchev–Trinajstić information content (AvgIpc) is 2.83. The summed E-state index contributed by atoms with van der Waals surface area (Å²) in [5, 5.41) is 4.26. The number of hydrogen-bond acceptors (Lipinski definition) is 4. The molecule has 1 aliphatic heterocycles. The molecular formula is C10H14N2O4S. The minimum atomic E-state index is -3.63. The number of carbonyl (C=O) groups is 1. The molecule has 1 aromatic heterocycles. The van der Waals surface area contributed by atoms with Crippen molar-refractivity contribution in [1.82, 2.24) is 4.90 Å². The van der Waals surface area contributed by atoms with Gasteiger partial charge in [-0.1, -0.05) is 0 Å². The Morgan fingerprint density at radius 1 is 1.53 bits per heavy atom. The zero-order chi connectivity index (χ0) is 12.5. The number of rotatable bonds is 4. The maximum atomic E-state index is 11.6. The lowest BCUT2D eigenvalue weighted by Crippen LogP contribution is -2.33. The van der Waals surface area contributed by atoms with E-state index in [0.717, 1.165) is 5.76 Å². The van der Waals surface area contributed by atoms with Crippen LogP contribution in [0, 0.1) is 0 Å². The second kappa shape index (κ2) is 4.50. The molecule has 94 valence electrons. The summed E-state index contributed by atoms with van der Waals surface area (Å²) in [7, 11) is -3.63. The van der Waals surface area contributed by atoms with Gasteiger partial charge in [0.15, 0.2) is 0 Å². The van der Waals surface area contributed by atoms with E-state index in [4.69, 9.17) is 9.56 Å². The summed E-state index contributed by atoms with van der Waals surface area (Å²) >= 11 is 0. The largest absolute Gasteiger partial charge is 0.469 e. The smallest absolute Gasteiger partial charge is 0.224 e. The quantitative estimate of drug-likeness (QED) is 0.803. The van der Waals surface area contributed by atoms with Crippen LogP contribution in [0.3, 0.4) is 0 Å². The summed E-state index contributed by atoms with van der Waals surface area (Å²) in [6.45, 7) is 0.636. The van der Waals surface area contributed by atoms with E-state index in [9.17, 15) is 13.2 Å². The Balaban J connectivity index is 1.93. The van der Waals surface area contributed by atoms with Gasteiger partial charge in [0.2, 0.25) is 15.9 Å². The van der Waals surface area contributed by atoms with Crippen molar-refractivity contribution in [3.05, 3.63) is 24.2 Å². The van der Waals surface area contributed by atoms with E-state index in [-0.39, 0.29) is 18.9 Å². The molecule has 6 nitrogen and oxygen atoms in total. The van der Waals surface area contributed by atoms with Crippen molar-refractivity contribution in [1.29, 1.82) is 0 Å². The van der Waals surface area contributed by atoms with E-state index in [1.807, 2.05) is 6.07 Å². The van der Waals surface area contributed by atoms with Crippen LogP contribution in [0.1, 0.15) is 12.2 Å². The van der Waals surface area contributed by atoms with Gasteiger partial charge >= 0.3 is 0 Å². The normalized spacial score (nSPS) is 21.1. The molecule has 1 aromatic rings. The van der Waals surface area contributed by atoms with Gasteiger partial charge < -0.3 is 9.32 Å². The van der Waals surface area contributed by atoms with Crippen LogP contribution in [-0.2, 0) is 21.2 Å². The van der Waals surface area contributed by atoms with Gasteiger partial charge in [0.05, 0.1) is 6.26 Å². The maximum absolute atomic E-state index is 11.6. The molecule has 1 unspecified atom stereocenters. The van der Waals surface area contributed by atoms with E-state index in [0.29, 0.717) is 13.0 Å². The van der Waals surface area contributed by atoms with Crippen molar-refractivity contribution < 1.29 is 17.6 Å². The molecule has 0 radical (unpaired) electrons. The molecule has 1 saturated heterocycles. The lowest BCUT2D eigenvalue weighted by Gasteiger charge is -2.15. The van der Waals surface area contributed by atoms with Crippen LogP contribution in [0.2, 0.25) is 0 Å². The van der Waals surface area contributed by atoms with Crippen molar-refractivity contribution in [3.63, 3.8) is 0 Å². The highest BCUT2D eigenvalue weighted by Crippen LogP contribution is 2.17. The minimum absolute atomic E-state index is 0.0169. The SMILES string of the molecule is NS(=O)(=O)C1CC(=O)N(CCc2ccco2)C1. The molecule has 1 fully saturated rings. The highest BCUT2D eigenvalue weighted by atomic mass is 32.2. The van der Waals surface area contributed by atoms with Gasteiger partial charge in [0, 0.05) is 25.9 Å². The van der Waals surface area contributed by atoms with Gasteiger partial charge in [-0.05, 0) is 12.1 Å². The van der Waals surface area contributed by atoms with Crippen LogP contribution in [-0.4, -0.2) is 37.6 Å². The fourth-order valence-corrected chi connectivity index (χ4v) is 2.63. The van der Waals surface area contributed by atoms with E-state index >= 15 is 0 Å². The number of hydrogen-bond donors (Lipinski definition) is 1. The number of carbonyl (C=O) groups excluding carboxylic acids is 1. The number of sulfonamides is 1. The highest BCUT2D eigenvalue weighted by molar-refractivity contribution is 7.89. The molecule has 1 amide bonds. The van der Waals surface area contributed by atoms with Crippen molar-refractivity contribution >= 4 is 15.9 Å². The standard InChI is InChI=1S/C10H14N2O4S/c11-17(14,15)9-6-10(13)12(7-9)4-3-8-2-1-5-16-8/h1-2,5,9H,3-4,6-7H2,(H2,11,14,15). The summed E-state index contributed by atoms with van der Waals surface area (Å²) in [6, 6.07) is 3.59. The van der Waals surface area contributed by atoms with E-state index in [1.165, 1.54) is 4.90 Å². The minimum Gasteiger partial charge on any atom is -0.469 e. The molecule has 2 rings (SSSR count). The Bertz CT molecular complexity index is 494. The summed E-state index contributed by atoms with van der Waals surface area (Å²) in [5.74, 6) is 0.604. The third-order valence-electron chi connectivity index (χ3n) is 2.85. The second-order valence-electron chi connectivity index (χ2n) is 4.08. The molecule has 2 N–H and O–H groups in total. The van der Waals surface area contributed by atoms with Crippen LogP contribution >= 0.6 is 0 Å². The molecule has 7 heteroatoms. The predicted octanol–water partition coefficient (Wildman–Crippen LogP) is -0.288. The molecule has 1 atom stereocenters. The molecule has 0 bridgehead atoms. The third kappa shape index (κ3) is 2.86. The second-order valence-corrected chi connectivity index (χ2v) is 5.93. The first-order valence-corrected chi connectivity index (χ1v) is 6.89. The first-order valence-electron chi connectivity index (χ1n) is 5.28. The predicted molar refractivity (Wildman–Crippen MR) is 60.5 cm³/mol. The van der Waals surface area contributed by atoms with Crippen LogP contribution in [0.4, 0.5) is 0 Å². The van der Waals surface area contributed by atoms with Gasteiger partial charge in [-0.3, -0.25) is 4.79 Å². The van der Waals surface area contributed by atoms with E-state index in [2.05, 4.69) is 0 Å². The Hall–Kier alpha value is -1.34. The molecule has 0 aliphatic carbocycles. The van der Waals surface area contributed by atoms with Crippen molar-refractivity contribution in [2.45, 2.75) is 18.1 Å². The van der Waals surface area contributed by atoms with Gasteiger partial charge in [0.1, 0.15) is 11.0 Å². The Kier molecular flexibility index (Phi) is 3.21. The number of primary sulfonamides is 1. The maximum Gasteiger partial charge on any atom is 0.224 e. The number of amides is 1. The molecule has 0 spiro atoms. The monoisotopic (exact) mass is 258 g/mol. The van der Waals surface area contributed by atoms with E-state index < -0.39 is 15.3 Å². The fourth-order valence-electron chi connectivity index (χ4n) is 1.87. The van der Waals surface area contributed by atoms with Crippen LogP contribution in [0.25, 0.3) is 0 Å². The third-order valence-corrected chi connectivity index (χ3v) is 4.10. The average molecular weight is 258 g/mol. The first-order chi connectivity index (χ1) is 7.97. The topological polar surface area (TPSA) is 93.6 Å². The zero-order valence-corrected chi connectivity index (χ0v) is 10.0.